The van der Waals surface area contributed by atoms with Gasteiger partial charge in [0.15, 0.2) is 5.96 Å². The van der Waals surface area contributed by atoms with Crippen molar-refractivity contribution < 1.29 is 0 Å². The Hall–Kier alpha value is -2.27. The lowest BCUT2D eigenvalue weighted by Gasteiger charge is -2.21. The number of hydrogen-bond acceptors (Lipinski definition) is 2. The fourth-order valence-corrected chi connectivity index (χ4v) is 3.32. The molecule has 0 saturated heterocycles. The Morgan fingerprint density at radius 2 is 2.13 bits per heavy atom. The molecule has 0 bridgehead atoms. The quantitative estimate of drug-likeness (QED) is 0.557. The molecule has 0 fully saturated rings. The first-order valence-electron chi connectivity index (χ1n) is 7.77. The molecule has 2 aromatic heterocycles. The van der Waals surface area contributed by atoms with Crippen LogP contribution in [0.1, 0.15) is 10.6 Å². The zero-order chi connectivity index (χ0) is 16.1. The first kappa shape index (κ1) is 15.6. The van der Waals surface area contributed by atoms with Gasteiger partial charge in [-0.25, -0.2) is 0 Å². The summed E-state index contributed by atoms with van der Waals surface area (Å²) < 4.78 is 0. The van der Waals surface area contributed by atoms with Crippen LogP contribution in [0.2, 0.25) is 0 Å². The maximum Gasteiger partial charge on any atom is 0.193 e. The van der Waals surface area contributed by atoms with Gasteiger partial charge >= 0.3 is 0 Å². The number of guanidine groups is 1. The van der Waals surface area contributed by atoms with E-state index in [4.69, 9.17) is 0 Å². The summed E-state index contributed by atoms with van der Waals surface area (Å²) in [6, 6.07) is 14.8. The Labute approximate surface area is 140 Å². The lowest BCUT2D eigenvalue weighted by atomic mass is 10.2. The second-order valence-electron chi connectivity index (χ2n) is 5.53. The molecule has 4 nitrogen and oxygen atoms in total. The SMILES string of the molecule is CN=C(NCc1cc2ccccc2[nH]1)N(C)CCc1cccs1. The number of aromatic nitrogens is 1. The summed E-state index contributed by atoms with van der Waals surface area (Å²) in [7, 11) is 3.91. The van der Waals surface area contributed by atoms with Crippen molar-refractivity contribution >= 4 is 28.2 Å². The van der Waals surface area contributed by atoms with E-state index in [2.05, 4.69) is 69.0 Å². The number of nitrogens with one attached hydrogen (secondary N) is 2. The smallest absolute Gasteiger partial charge is 0.193 e. The number of nitrogens with zero attached hydrogens (tertiary/aromatic N) is 2. The first-order valence-corrected chi connectivity index (χ1v) is 8.65. The summed E-state index contributed by atoms with van der Waals surface area (Å²) in [6.07, 6.45) is 1.04. The number of aliphatic imine (C=N–C) groups is 1. The molecule has 0 radical (unpaired) electrons. The number of fused-ring (bicyclic) bond motifs is 1. The molecule has 0 atom stereocenters. The van der Waals surface area contributed by atoms with Crippen LogP contribution in [0, 0.1) is 0 Å². The second kappa shape index (κ2) is 7.33. The summed E-state index contributed by atoms with van der Waals surface area (Å²) >= 11 is 1.80. The standard InChI is InChI=1S/C18H22N4S/c1-19-18(22(2)10-9-16-7-5-11-23-16)20-13-15-12-14-6-3-4-8-17(14)21-15/h3-8,11-12,21H,9-10,13H2,1-2H3,(H,19,20). The van der Waals surface area contributed by atoms with Crippen molar-refractivity contribution in [2.24, 2.45) is 4.99 Å². The number of para-hydroxylation sites is 1. The number of H-pyrrole nitrogens is 1. The summed E-state index contributed by atoms with van der Waals surface area (Å²) in [5.74, 6) is 0.917. The molecular weight excluding hydrogens is 304 g/mol. The Kier molecular flexibility index (Phi) is 4.98. The predicted octanol–water partition coefficient (Wildman–Crippen LogP) is 3.48. The molecule has 0 aliphatic rings. The van der Waals surface area contributed by atoms with Crippen molar-refractivity contribution in [2.75, 3.05) is 20.6 Å². The van der Waals surface area contributed by atoms with E-state index in [0.29, 0.717) is 0 Å². The molecule has 120 valence electrons. The minimum Gasteiger partial charge on any atom is -0.357 e. The molecule has 0 saturated carbocycles. The molecule has 3 rings (SSSR count). The van der Waals surface area contributed by atoms with Crippen LogP contribution in [0.4, 0.5) is 0 Å². The molecule has 0 spiro atoms. The van der Waals surface area contributed by atoms with Crippen molar-refractivity contribution in [3.8, 4) is 0 Å². The summed E-state index contributed by atoms with van der Waals surface area (Å²) in [6.45, 7) is 1.69. The molecule has 1 aromatic carbocycles. The average Bonchev–Trinajstić information content (AvgIpc) is 3.22. The lowest BCUT2D eigenvalue weighted by molar-refractivity contribution is 0.486. The molecule has 0 aliphatic heterocycles. The molecule has 0 amide bonds. The zero-order valence-corrected chi connectivity index (χ0v) is 14.4. The number of hydrogen-bond donors (Lipinski definition) is 2. The van der Waals surface area contributed by atoms with Crippen LogP contribution in [0.3, 0.4) is 0 Å². The topological polar surface area (TPSA) is 43.4 Å². The van der Waals surface area contributed by atoms with E-state index in [1.807, 2.05) is 13.1 Å². The molecule has 3 aromatic rings. The Bertz CT molecular complexity index is 740. The van der Waals surface area contributed by atoms with Crippen LogP contribution >= 0.6 is 11.3 Å². The minimum atomic E-state index is 0.741. The average molecular weight is 326 g/mol. The van der Waals surface area contributed by atoms with E-state index in [0.717, 1.165) is 25.5 Å². The van der Waals surface area contributed by atoms with Crippen LogP contribution in [0.15, 0.2) is 52.8 Å². The van der Waals surface area contributed by atoms with Gasteiger partial charge in [0.1, 0.15) is 0 Å². The summed E-state index contributed by atoms with van der Waals surface area (Å²) in [4.78, 5) is 11.4. The predicted molar refractivity (Wildman–Crippen MR) is 99.2 cm³/mol. The second-order valence-corrected chi connectivity index (χ2v) is 6.57. The fourth-order valence-electron chi connectivity index (χ4n) is 2.63. The van der Waals surface area contributed by atoms with Gasteiger partial charge in [-0.1, -0.05) is 24.3 Å². The van der Waals surface area contributed by atoms with Crippen molar-refractivity contribution in [1.82, 2.24) is 15.2 Å². The van der Waals surface area contributed by atoms with Gasteiger partial charge in [-0.15, -0.1) is 11.3 Å². The molecule has 23 heavy (non-hydrogen) atoms. The maximum absolute atomic E-state index is 4.38. The number of thiophene rings is 1. The van der Waals surface area contributed by atoms with Crippen LogP contribution in [0.25, 0.3) is 10.9 Å². The summed E-state index contributed by atoms with van der Waals surface area (Å²) in [5.41, 5.74) is 2.34. The minimum absolute atomic E-state index is 0.741. The number of benzene rings is 1. The largest absolute Gasteiger partial charge is 0.357 e. The van der Waals surface area contributed by atoms with E-state index < -0.39 is 0 Å². The molecular formula is C18H22N4S. The first-order chi connectivity index (χ1) is 11.3. The van der Waals surface area contributed by atoms with Gasteiger partial charge in [0.25, 0.3) is 0 Å². The van der Waals surface area contributed by atoms with E-state index in [1.54, 1.807) is 11.3 Å². The number of rotatable bonds is 5. The van der Waals surface area contributed by atoms with E-state index in [1.165, 1.54) is 21.5 Å². The van der Waals surface area contributed by atoms with Crippen LogP contribution < -0.4 is 5.32 Å². The highest BCUT2D eigenvalue weighted by atomic mass is 32.1. The van der Waals surface area contributed by atoms with Crippen molar-refractivity contribution in [1.29, 1.82) is 0 Å². The monoisotopic (exact) mass is 326 g/mol. The highest BCUT2D eigenvalue weighted by Gasteiger charge is 2.07. The van der Waals surface area contributed by atoms with E-state index in [9.17, 15) is 0 Å². The molecule has 2 heterocycles. The van der Waals surface area contributed by atoms with Gasteiger partial charge < -0.3 is 15.2 Å². The van der Waals surface area contributed by atoms with Gasteiger partial charge in [-0.05, 0) is 35.4 Å². The third kappa shape index (κ3) is 3.93. The summed E-state index contributed by atoms with van der Waals surface area (Å²) in [5, 5.41) is 6.79. The maximum atomic E-state index is 4.38. The Balaban J connectivity index is 1.56. The third-order valence-electron chi connectivity index (χ3n) is 3.87. The van der Waals surface area contributed by atoms with Gasteiger partial charge in [0.2, 0.25) is 0 Å². The number of aromatic amines is 1. The highest BCUT2D eigenvalue weighted by molar-refractivity contribution is 7.09. The molecule has 0 aliphatic carbocycles. The van der Waals surface area contributed by atoms with Gasteiger partial charge in [-0.2, -0.15) is 0 Å². The highest BCUT2D eigenvalue weighted by Crippen LogP contribution is 2.14. The zero-order valence-electron chi connectivity index (χ0n) is 13.5. The normalized spacial score (nSPS) is 11.8. The lowest BCUT2D eigenvalue weighted by Crippen LogP contribution is -2.39. The number of likely N-dealkylation sites (N-methyl/N-ethyl adjacent to an activating group) is 1. The third-order valence-corrected chi connectivity index (χ3v) is 4.81. The Morgan fingerprint density at radius 3 is 2.87 bits per heavy atom. The molecule has 2 N–H and O–H groups in total. The van der Waals surface area contributed by atoms with Crippen molar-refractivity contribution in [2.45, 2.75) is 13.0 Å². The fraction of sp³-hybridized carbons (Fsp3) is 0.278. The van der Waals surface area contributed by atoms with Gasteiger partial charge in [0.05, 0.1) is 6.54 Å². The Morgan fingerprint density at radius 1 is 1.26 bits per heavy atom. The van der Waals surface area contributed by atoms with Crippen LogP contribution in [-0.2, 0) is 13.0 Å². The van der Waals surface area contributed by atoms with Crippen molar-refractivity contribution in [3.63, 3.8) is 0 Å². The van der Waals surface area contributed by atoms with Gasteiger partial charge in [-0.3, -0.25) is 4.99 Å². The van der Waals surface area contributed by atoms with Gasteiger partial charge in [0, 0.05) is 36.7 Å². The van der Waals surface area contributed by atoms with Crippen LogP contribution in [-0.4, -0.2) is 36.5 Å². The van der Waals surface area contributed by atoms with E-state index >= 15 is 0 Å². The molecule has 0 unspecified atom stereocenters. The molecule has 5 heteroatoms. The van der Waals surface area contributed by atoms with Crippen LogP contribution in [0.5, 0.6) is 0 Å². The van der Waals surface area contributed by atoms with Crippen molar-refractivity contribution in [3.05, 3.63) is 58.4 Å². The van der Waals surface area contributed by atoms with E-state index in [-0.39, 0.29) is 0 Å².